The summed E-state index contributed by atoms with van der Waals surface area (Å²) >= 11 is 0. The molecule has 2 amide bonds. The third kappa shape index (κ3) is 5.74. The van der Waals surface area contributed by atoms with Crippen molar-refractivity contribution < 1.29 is 29.4 Å². The highest BCUT2D eigenvalue weighted by molar-refractivity contribution is 5.83. The fourth-order valence-electron chi connectivity index (χ4n) is 2.40. The number of nitrogens with two attached hydrogens (primary N) is 1. The lowest BCUT2D eigenvalue weighted by molar-refractivity contribution is -0.141. The Morgan fingerprint density at radius 3 is 2.50 bits per heavy atom. The molecule has 0 radical (unpaired) electrons. The fraction of sp³-hybridized carbons (Fsp3) is 0.412. The molecule has 152 valence electrons. The van der Waals surface area contributed by atoms with Crippen LogP contribution in [-0.2, 0) is 11.2 Å². The maximum Gasteiger partial charge on any atom is 0.328 e. The normalized spacial score (nSPS) is 15.3. The van der Waals surface area contributed by atoms with Gasteiger partial charge in [0.2, 0.25) is 5.89 Å². The third-order valence-corrected chi connectivity index (χ3v) is 3.91. The van der Waals surface area contributed by atoms with Crippen molar-refractivity contribution in [1.29, 1.82) is 0 Å². The lowest BCUT2D eigenvalue weighted by Gasteiger charge is -2.20. The third-order valence-electron chi connectivity index (χ3n) is 3.91. The Kier molecular flexibility index (Phi) is 7.44. The number of hydrogen-bond donors (Lipinski definition) is 6. The Balaban J connectivity index is 2.19. The first kappa shape index (κ1) is 21.3. The molecule has 0 fully saturated rings. The average molecular weight is 393 g/mol. The highest BCUT2D eigenvalue weighted by Gasteiger charge is 2.28. The summed E-state index contributed by atoms with van der Waals surface area (Å²) in [6.07, 6.45) is -1.02. The first-order chi connectivity index (χ1) is 13.3. The van der Waals surface area contributed by atoms with Gasteiger partial charge in [0.05, 0.1) is 18.8 Å². The van der Waals surface area contributed by atoms with E-state index < -0.39 is 36.2 Å². The summed E-state index contributed by atoms with van der Waals surface area (Å²) in [6.45, 7) is 0.867. The summed E-state index contributed by atoms with van der Waals surface area (Å²) in [5, 5.41) is 36.2. The minimum Gasteiger partial charge on any atom is -0.480 e. The van der Waals surface area contributed by atoms with Crippen molar-refractivity contribution in [3.8, 4) is 0 Å². The van der Waals surface area contributed by atoms with Gasteiger partial charge in [0.15, 0.2) is 11.9 Å². The molecule has 0 aliphatic rings. The molecule has 0 aliphatic carbocycles. The van der Waals surface area contributed by atoms with Crippen LogP contribution in [0.2, 0.25) is 0 Å². The lowest BCUT2D eigenvalue weighted by atomic mass is 10.1. The van der Waals surface area contributed by atoms with Gasteiger partial charge in [-0.1, -0.05) is 35.5 Å². The molecule has 1 aromatic carbocycles. The van der Waals surface area contributed by atoms with Gasteiger partial charge in [-0.2, -0.15) is 4.98 Å². The van der Waals surface area contributed by atoms with Crippen LogP contribution < -0.4 is 16.4 Å². The van der Waals surface area contributed by atoms with Crippen molar-refractivity contribution in [3.63, 3.8) is 0 Å². The Hall–Kier alpha value is -3.02. The van der Waals surface area contributed by atoms with Crippen LogP contribution in [0.1, 0.15) is 36.3 Å². The summed E-state index contributed by atoms with van der Waals surface area (Å²) in [6, 6.07) is 5.19. The molecule has 11 heteroatoms. The Bertz CT molecular complexity index is 781. The number of carboxylic acids is 1. The molecule has 0 spiro atoms. The summed E-state index contributed by atoms with van der Waals surface area (Å²) < 4.78 is 5.16. The smallest absolute Gasteiger partial charge is 0.328 e. The highest BCUT2D eigenvalue weighted by Crippen LogP contribution is 2.18. The van der Waals surface area contributed by atoms with Crippen LogP contribution in [0.15, 0.2) is 34.9 Å². The van der Waals surface area contributed by atoms with Gasteiger partial charge in [-0.15, -0.1) is 0 Å². The molecule has 4 atom stereocenters. The summed E-state index contributed by atoms with van der Waals surface area (Å²) in [7, 11) is 0. The number of urea groups is 1. The van der Waals surface area contributed by atoms with Crippen molar-refractivity contribution in [1.82, 2.24) is 20.8 Å². The van der Waals surface area contributed by atoms with Crippen molar-refractivity contribution in [2.24, 2.45) is 5.73 Å². The predicted octanol–water partition coefficient (Wildman–Crippen LogP) is -0.521. The standard InChI is InChI=1S/C17H23N5O6/c1-9(24)13(16(25)26)20-17(27)19-12(7-10-5-3-2-4-6-10)15-21-14(22-28-15)11(18)8-23/h2-6,9,11-13,23-24H,7-8,18H2,1H3,(H,25,26)(H2,19,20,27)/t9?,11-,12-,13?/m0/s1. The Morgan fingerprint density at radius 2 is 1.93 bits per heavy atom. The second-order valence-corrected chi connectivity index (χ2v) is 6.20. The number of aliphatic hydroxyl groups is 2. The van der Waals surface area contributed by atoms with E-state index in [1.807, 2.05) is 30.3 Å². The molecule has 1 heterocycles. The highest BCUT2D eigenvalue weighted by atomic mass is 16.5. The molecule has 0 saturated heterocycles. The van der Waals surface area contributed by atoms with Gasteiger partial charge in [0.1, 0.15) is 6.04 Å². The van der Waals surface area contributed by atoms with Crippen LogP contribution in [0.4, 0.5) is 4.79 Å². The molecular formula is C17H23N5O6. The number of rotatable bonds is 9. The van der Waals surface area contributed by atoms with Crippen LogP contribution in [0.5, 0.6) is 0 Å². The maximum atomic E-state index is 12.3. The second-order valence-electron chi connectivity index (χ2n) is 6.20. The number of carbonyl (C=O) groups is 2. The lowest BCUT2D eigenvalue weighted by Crippen LogP contribution is -2.51. The fourth-order valence-corrected chi connectivity index (χ4v) is 2.40. The quantitative estimate of drug-likeness (QED) is 0.326. The maximum absolute atomic E-state index is 12.3. The molecule has 2 aromatic rings. The van der Waals surface area contributed by atoms with Crippen molar-refractivity contribution in [2.75, 3.05) is 6.61 Å². The topological polar surface area (TPSA) is 184 Å². The van der Waals surface area contributed by atoms with Crippen LogP contribution in [0.3, 0.4) is 0 Å². The van der Waals surface area contributed by atoms with Crippen LogP contribution in [0.25, 0.3) is 0 Å². The van der Waals surface area contributed by atoms with E-state index in [2.05, 4.69) is 20.8 Å². The average Bonchev–Trinajstić information content (AvgIpc) is 3.15. The first-order valence-corrected chi connectivity index (χ1v) is 8.53. The van der Waals surface area contributed by atoms with Crippen LogP contribution in [-0.4, -0.2) is 56.2 Å². The number of benzene rings is 1. The number of amides is 2. The van der Waals surface area contributed by atoms with Crippen molar-refractivity contribution in [2.45, 2.75) is 37.6 Å². The van der Waals surface area contributed by atoms with Crippen molar-refractivity contribution in [3.05, 3.63) is 47.6 Å². The number of aliphatic hydroxyl groups excluding tert-OH is 2. The summed E-state index contributed by atoms with van der Waals surface area (Å²) in [5.41, 5.74) is 6.52. The van der Waals surface area contributed by atoms with E-state index in [-0.39, 0.29) is 24.7 Å². The number of hydrogen-bond acceptors (Lipinski definition) is 8. The molecule has 11 nitrogen and oxygen atoms in total. The number of aromatic nitrogens is 2. The zero-order chi connectivity index (χ0) is 20.7. The molecule has 1 aromatic heterocycles. The molecule has 2 rings (SSSR count). The SMILES string of the molecule is CC(O)C(NC(=O)N[C@@H](Cc1ccccc1)c1nc([C@@H](N)CO)no1)C(=O)O. The molecule has 7 N–H and O–H groups in total. The first-order valence-electron chi connectivity index (χ1n) is 8.53. The summed E-state index contributed by atoms with van der Waals surface area (Å²) in [5.74, 6) is -1.26. The predicted molar refractivity (Wildman–Crippen MR) is 96.0 cm³/mol. The number of carboxylic acid groups (broad SMARTS) is 1. The van der Waals surface area contributed by atoms with Gasteiger partial charge in [-0.05, 0) is 12.5 Å². The van der Waals surface area contributed by atoms with E-state index in [9.17, 15) is 14.7 Å². The monoisotopic (exact) mass is 393 g/mol. The zero-order valence-corrected chi connectivity index (χ0v) is 15.1. The van der Waals surface area contributed by atoms with E-state index in [4.69, 9.17) is 20.5 Å². The van der Waals surface area contributed by atoms with Crippen LogP contribution in [0, 0.1) is 0 Å². The number of nitrogens with one attached hydrogen (secondary N) is 2. The minimum absolute atomic E-state index is 0.0434. The van der Waals surface area contributed by atoms with E-state index in [0.29, 0.717) is 0 Å². The molecule has 0 aliphatic heterocycles. The van der Waals surface area contributed by atoms with Crippen molar-refractivity contribution >= 4 is 12.0 Å². The zero-order valence-electron chi connectivity index (χ0n) is 15.1. The van der Waals surface area contributed by atoms with Gasteiger partial charge in [0.25, 0.3) is 0 Å². The van der Waals surface area contributed by atoms with Crippen LogP contribution >= 0.6 is 0 Å². The molecular weight excluding hydrogens is 370 g/mol. The minimum atomic E-state index is -1.49. The number of carbonyl (C=O) groups excluding carboxylic acids is 1. The molecule has 0 bridgehead atoms. The van der Waals surface area contributed by atoms with E-state index in [0.717, 1.165) is 5.56 Å². The second kappa shape index (κ2) is 9.78. The Morgan fingerprint density at radius 1 is 1.25 bits per heavy atom. The Labute approximate surface area is 160 Å². The van der Waals surface area contributed by atoms with E-state index in [1.165, 1.54) is 6.92 Å². The van der Waals surface area contributed by atoms with E-state index >= 15 is 0 Å². The molecule has 28 heavy (non-hydrogen) atoms. The molecule has 0 saturated carbocycles. The van der Waals surface area contributed by atoms with Gasteiger partial charge >= 0.3 is 12.0 Å². The summed E-state index contributed by atoms with van der Waals surface area (Å²) in [4.78, 5) is 27.5. The van der Waals surface area contributed by atoms with E-state index in [1.54, 1.807) is 0 Å². The number of aliphatic carboxylic acids is 1. The van der Waals surface area contributed by atoms with Gasteiger partial charge in [-0.3, -0.25) is 0 Å². The largest absolute Gasteiger partial charge is 0.480 e. The van der Waals surface area contributed by atoms with Gasteiger partial charge in [-0.25, -0.2) is 9.59 Å². The van der Waals surface area contributed by atoms with Gasteiger partial charge < -0.3 is 36.2 Å². The molecule has 2 unspecified atom stereocenters. The number of nitrogens with zero attached hydrogens (tertiary/aromatic N) is 2. The van der Waals surface area contributed by atoms with Gasteiger partial charge in [0, 0.05) is 6.42 Å².